The van der Waals surface area contributed by atoms with Gasteiger partial charge in [0.1, 0.15) is 0 Å². The molecule has 2 unspecified atom stereocenters. The molecule has 3 atom stereocenters. The van der Waals surface area contributed by atoms with Crippen LogP contribution in [-0.4, -0.2) is 18.5 Å². The Morgan fingerprint density at radius 3 is 2.44 bits per heavy atom. The summed E-state index contributed by atoms with van der Waals surface area (Å²) in [6.45, 7) is 2.84. The molecule has 2 fully saturated rings. The van der Waals surface area contributed by atoms with E-state index in [-0.39, 0.29) is 11.8 Å². The van der Waals surface area contributed by atoms with E-state index < -0.39 is 0 Å². The first kappa shape index (κ1) is 13.9. The predicted octanol–water partition coefficient (Wildman–Crippen LogP) is 2.45. The van der Waals surface area contributed by atoms with Gasteiger partial charge in [-0.25, -0.2) is 0 Å². The summed E-state index contributed by atoms with van der Waals surface area (Å²) in [4.78, 5) is 12.4. The molecular formula is C15H28N2O. The number of hydrogen-bond acceptors (Lipinski definition) is 2. The highest BCUT2D eigenvalue weighted by Gasteiger charge is 2.32. The topological polar surface area (TPSA) is 55.1 Å². The maximum absolute atomic E-state index is 12.4. The van der Waals surface area contributed by atoms with Gasteiger partial charge in [0, 0.05) is 12.0 Å². The Morgan fingerprint density at radius 1 is 1.17 bits per heavy atom. The van der Waals surface area contributed by atoms with Crippen molar-refractivity contribution in [3.05, 3.63) is 0 Å². The van der Waals surface area contributed by atoms with Crippen molar-refractivity contribution in [3.63, 3.8) is 0 Å². The third-order valence-corrected chi connectivity index (χ3v) is 5.03. The van der Waals surface area contributed by atoms with Crippen LogP contribution in [0.15, 0.2) is 0 Å². The van der Waals surface area contributed by atoms with Crippen LogP contribution in [-0.2, 0) is 4.79 Å². The van der Waals surface area contributed by atoms with E-state index in [2.05, 4.69) is 12.2 Å². The first-order chi connectivity index (χ1) is 8.72. The maximum atomic E-state index is 12.4. The van der Waals surface area contributed by atoms with Gasteiger partial charge >= 0.3 is 0 Å². The Labute approximate surface area is 111 Å². The quantitative estimate of drug-likeness (QED) is 0.807. The standard InChI is InChI=1S/C15H28N2O/c1-11(12-6-2-3-7-12)17-15(18)14-9-5-4-8-13(14)10-16/h11-14H,2-10,16H2,1H3,(H,17,18)/t11-,13?,14?/m0/s1. The van der Waals surface area contributed by atoms with Crippen LogP contribution in [0.3, 0.4) is 0 Å². The lowest BCUT2D eigenvalue weighted by molar-refractivity contribution is -0.128. The van der Waals surface area contributed by atoms with E-state index in [9.17, 15) is 4.79 Å². The average Bonchev–Trinajstić information content (AvgIpc) is 2.92. The summed E-state index contributed by atoms with van der Waals surface area (Å²) in [5.74, 6) is 1.56. The molecule has 0 aromatic heterocycles. The Hall–Kier alpha value is -0.570. The van der Waals surface area contributed by atoms with Crippen molar-refractivity contribution in [3.8, 4) is 0 Å². The summed E-state index contributed by atoms with van der Waals surface area (Å²) in [6.07, 6.45) is 9.83. The Kier molecular flexibility index (Phi) is 5.04. The predicted molar refractivity (Wildman–Crippen MR) is 74.1 cm³/mol. The van der Waals surface area contributed by atoms with Crippen LogP contribution < -0.4 is 11.1 Å². The molecule has 0 heterocycles. The zero-order valence-electron chi connectivity index (χ0n) is 11.7. The van der Waals surface area contributed by atoms with Crippen LogP contribution in [0.5, 0.6) is 0 Å². The number of carbonyl (C=O) groups excluding carboxylic acids is 1. The summed E-state index contributed by atoms with van der Waals surface area (Å²) < 4.78 is 0. The fraction of sp³-hybridized carbons (Fsp3) is 0.933. The molecule has 3 nitrogen and oxygen atoms in total. The maximum Gasteiger partial charge on any atom is 0.223 e. The monoisotopic (exact) mass is 252 g/mol. The van der Waals surface area contributed by atoms with Gasteiger partial charge in [0.25, 0.3) is 0 Å². The van der Waals surface area contributed by atoms with E-state index in [4.69, 9.17) is 5.73 Å². The second-order valence-electron chi connectivity index (χ2n) is 6.23. The Morgan fingerprint density at radius 2 is 1.78 bits per heavy atom. The lowest BCUT2D eigenvalue weighted by Gasteiger charge is -2.31. The van der Waals surface area contributed by atoms with E-state index >= 15 is 0 Å². The van der Waals surface area contributed by atoms with Gasteiger partial charge in [-0.2, -0.15) is 0 Å². The van der Waals surface area contributed by atoms with Gasteiger partial charge in [-0.1, -0.05) is 25.7 Å². The minimum atomic E-state index is 0.174. The zero-order chi connectivity index (χ0) is 13.0. The van der Waals surface area contributed by atoms with Crippen LogP contribution in [0.2, 0.25) is 0 Å². The molecule has 104 valence electrons. The molecule has 0 radical (unpaired) electrons. The Balaban J connectivity index is 1.85. The largest absolute Gasteiger partial charge is 0.353 e. The summed E-state index contributed by atoms with van der Waals surface area (Å²) in [5.41, 5.74) is 5.80. The second-order valence-corrected chi connectivity index (χ2v) is 6.23. The van der Waals surface area contributed by atoms with Crippen LogP contribution in [0.25, 0.3) is 0 Å². The molecule has 0 bridgehead atoms. The molecule has 2 rings (SSSR count). The molecular weight excluding hydrogens is 224 g/mol. The van der Waals surface area contributed by atoms with E-state index in [1.807, 2.05) is 0 Å². The van der Waals surface area contributed by atoms with Gasteiger partial charge < -0.3 is 11.1 Å². The van der Waals surface area contributed by atoms with Crippen molar-refractivity contribution >= 4 is 5.91 Å². The molecule has 0 saturated heterocycles. The minimum Gasteiger partial charge on any atom is -0.353 e. The molecule has 2 aliphatic carbocycles. The molecule has 3 heteroatoms. The molecule has 2 saturated carbocycles. The number of amides is 1. The van der Waals surface area contributed by atoms with Crippen LogP contribution in [0.1, 0.15) is 58.3 Å². The number of nitrogens with one attached hydrogen (secondary N) is 1. The van der Waals surface area contributed by atoms with Gasteiger partial charge in [-0.15, -0.1) is 0 Å². The van der Waals surface area contributed by atoms with E-state index in [0.29, 0.717) is 24.4 Å². The lowest BCUT2D eigenvalue weighted by Crippen LogP contribution is -2.44. The fourth-order valence-electron chi connectivity index (χ4n) is 3.74. The third-order valence-electron chi connectivity index (χ3n) is 5.03. The highest BCUT2D eigenvalue weighted by atomic mass is 16.2. The number of rotatable bonds is 4. The first-order valence-electron chi connectivity index (χ1n) is 7.72. The zero-order valence-corrected chi connectivity index (χ0v) is 11.7. The van der Waals surface area contributed by atoms with Crippen LogP contribution >= 0.6 is 0 Å². The van der Waals surface area contributed by atoms with Crippen LogP contribution in [0.4, 0.5) is 0 Å². The van der Waals surface area contributed by atoms with Gasteiger partial charge in [-0.05, 0) is 51.0 Å². The number of carbonyl (C=O) groups is 1. The lowest BCUT2D eigenvalue weighted by atomic mass is 9.78. The van der Waals surface area contributed by atoms with Gasteiger partial charge in [-0.3, -0.25) is 4.79 Å². The summed E-state index contributed by atoms with van der Waals surface area (Å²) in [7, 11) is 0. The normalized spacial score (nSPS) is 31.2. The summed E-state index contributed by atoms with van der Waals surface area (Å²) in [5, 5.41) is 3.26. The first-order valence-corrected chi connectivity index (χ1v) is 7.72. The average molecular weight is 252 g/mol. The molecule has 0 aromatic carbocycles. The van der Waals surface area contributed by atoms with E-state index in [1.54, 1.807) is 0 Å². The molecule has 0 aromatic rings. The van der Waals surface area contributed by atoms with Gasteiger partial charge in [0.05, 0.1) is 0 Å². The van der Waals surface area contributed by atoms with Gasteiger partial charge in [0.15, 0.2) is 0 Å². The van der Waals surface area contributed by atoms with E-state index in [0.717, 1.165) is 12.8 Å². The third kappa shape index (κ3) is 3.25. The molecule has 18 heavy (non-hydrogen) atoms. The SMILES string of the molecule is C[C@H](NC(=O)C1CCCCC1CN)C1CCCC1. The van der Waals surface area contributed by atoms with Crippen molar-refractivity contribution in [1.82, 2.24) is 5.32 Å². The molecule has 0 spiro atoms. The Bertz CT molecular complexity index is 274. The smallest absolute Gasteiger partial charge is 0.223 e. The van der Waals surface area contributed by atoms with Crippen molar-refractivity contribution < 1.29 is 4.79 Å². The van der Waals surface area contributed by atoms with Crippen molar-refractivity contribution in [2.45, 2.75) is 64.3 Å². The van der Waals surface area contributed by atoms with Crippen molar-refractivity contribution in [2.75, 3.05) is 6.54 Å². The highest BCUT2D eigenvalue weighted by molar-refractivity contribution is 5.79. The second kappa shape index (κ2) is 6.55. The molecule has 0 aliphatic heterocycles. The molecule has 2 aliphatic rings. The summed E-state index contributed by atoms with van der Waals surface area (Å²) >= 11 is 0. The molecule has 3 N–H and O–H groups in total. The minimum absolute atomic E-state index is 0.174. The molecule has 1 amide bonds. The number of hydrogen-bond donors (Lipinski definition) is 2. The van der Waals surface area contributed by atoms with Crippen LogP contribution in [0, 0.1) is 17.8 Å². The van der Waals surface area contributed by atoms with Crippen molar-refractivity contribution in [2.24, 2.45) is 23.5 Å². The van der Waals surface area contributed by atoms with E-state index in [1.165, 1.54) is 38.5 Å². The highest BCUT2D eigenvalue weighted by Crippen LogP contribution is 2.31. The van der Waals surface area contributed by atoms with Gasteiger partial charge in [0.2, 0.25) is 5.91 Å². The fourth-order valence-corrected chi connectivity index (χ4v) is 3.74. The summed E-state index contributed by atoms with van der Waals surface area (Å²) in [6, 6.07) is 0.348. The number of nitrogens with two attached hydrogens (primary N) is 1. The van der Waals surface area contributed by atoms with Crippen molar-refractivity contribution in [1.29, 1.82) is 0 Å².